The van der Waals surface area contributed by atoms with Gasteiger partial charge in [0.15, 0.2) is 10.9 Å². The highest BCUT2D eigenvalue weighted by Gasteiger charge is 2.13. The smallest absolute Gasteiger partial charge is 0.293 e. The van der Waals surface area contributed by atoms with Gasteiger partial charge >= 0.3 is 0 Å². The Bertz CT molecular complexity index is 1170. The summed E-state index contributed by atoms with van der Waals surface area (Å²) in [6.07, 6.45) is 1.42. The molecule has 4 rings (SSSR count). The number of amides is 1. The maximum atomic E-state index is 12.0. The van der Waals surface area contributed by atoms with Crippen molar-refractivity contribution in [3.05, 3.63) is 71.1 Å². The lowest BCUT2D eigenvalue weighted by atomic mass is 10.2. The summed E-state index contributed by atoms with van der Waals surface area (Å²) in [5.74, 6) is -0.239. The van der Waals surface area contributed by atoms with Gasteiger partial charge in [0, 0.05) is 10.7 Å². The number of thiocarbonyl (C=S) groups is 1. The molecule has 0 aliphatic rings. The zero-order valence-corrected chi connectivity index (χ0v) is 16.2. The summed E-state index contributed by atoms with van der Waals surface area (Å²) in [6.45, 7) is 1.92. The second-order valence-electron chi connectivity index (χ2n) is 6.01. The monoisotopic (exact) mass is 411 g/mol. The number of halogens is 1. The van der Waals surface area contributed by atoms with Crippen molar-refractivity contribution in [1.29, 1.82) is 0 Å². The van der Waals surface area contributed by atoms with E-state index in [9.17, 15) is 4.79 Å². The number of benzene rings is 2. The van der Waals surface area contributed by atoms with E-state index in [-0.39, 0.29) is 10.9 Å². The van der Waals surface area contributed by atoms with E-state index in [1.807, 2.05) is 31.2 Å². The van der Waals surface area contributed by atoms with E-state index < -0.39 is 5.91 Å². The summed E-state index contributed by atoms with van der Waals surface area (Å²) < 4.78 is 5.05. The summed E-state index contributed by atoms with van der Waals surface area (Å²) in [4.78, 5) is 13.6. The molecule has 0 saturated heterocycles. The maximum absolute atomic E-state index is 12.0. The van der Waals surface area contributed by atoms with Crippen LogP contribution in [0.3, 0.4) is 0 Å². The van der Waals surface area contributed by atoms with Crippen LogP contribution in [0.15, 0.2) is 59.2 Å². The molecule has 2 aromatic carbocycles. The summed E-state index contributed by atoms with van der Waals surface area (Å²) in [7, 11) is 0. The second kappa shape index (κ2) is 7.41. The molecular formula is C19H14ClN5O2S. The Morgan fingerprint density at radius 1 is 1.14 bits per heavy atom. The molecule has 28 heavy (non-hydrogen) atoms. The van der Waals surface area contributed by atoms with Crippen molar-refractivity contribution >= 4 is 51.6 Å². The Morgan fingerprint density at radius 2 is 1.86 bits per heavy atom. The number of carbonyl (C=O) groups is 1. The number of nitrogens with one attached hydrogen (secondary N) is 2. The highest BCUT2D eigenvalue weighted by atomic mass is 35.5. The van der Waals surface area contributed by atoms with Crippen LogP contribution in [0.5, 0.6) is 0 Å². The van der Waals surface area contributed by atoms with Gasteiger partial charge in [-0.2, -0.15) is 4.80 Å². The predicted octanol–water partition coefficient (Wildman–Crippen LogP) is 4.10. The molecule has 0 radical (unpaired) electrons. The average molecular weight is 412 g/mol. The highest BCUT2D eigenvalue weighted by molar-refractivity contribution is 7.80. The van der Waals surface area contributed by atoms with Gasteiger partial charge < -0.3 is 9.73 Å². The first-order valence-electron chi connectivity index (χ1n) is 8.29. The van der Waals surface area contributed by atoms with Crippen LogP contribution in [0.4, 0.5) is 5.69 Å². The topological polar surface area (TPSA) is 85.0 Å². The van der Waals surface area contributed by atoms with Crippen LogP contribution in [-0.4, -0.2) is 26.0 Å². The number of hydrogen-bond acceptors (Lipinski definition) is 5. The molecule has 0 atom stereocenters. The number of carbonyl (C=O) groups excluding carboxylic acids is 1. The minimum Gasteiger partial charge on any atom is -0.459 e. The lowest BCUT2D eigenvalue weighted by Gasteiger charge is -2.10. The summed E-state index contributed by atoms with van der Waals surface area (Å²) in [6, 6.07) is 14.2. The Hall–Kier alpha value is -3.23. The average Bonchev–Trinajstić information content (AvgIpc) is 3.32. The fourth-order valence-electron chi connectivity index (χ4n) is 2.62. The first kappa shape index (κ1) is 18.1. The molecule has 2 aromatic heterocycles. The van der Waals surface area contributed by atoms with Crippen LogP contribution in [-0.2, 0) is 0 Å². The van der Waals surface area contributed by atoms with Crippen LogP contribution in [0.25, 0.3) is 16.7 Å². The van der Waals surface area contributed by atoms with Crippen LogP contribution < -0.4 is 10.6 Å². The third-order valence-corrected chi connectivity index (χ3v) is 4.46. The van der Waals surface area contributed by atoms with Crippen LogP contribution in [0, 0.1) is 6.92 Å². The summed E-state index contributed by atoms with van der Waals surface area (Å²) in [5, 5.41) is 15.4. The van der Waals surface area contributed by atoms with Gasteiger partial charge in [-0.15, -0.1) is 10.2 Å². The van der Waals surface area contributed by atoms with Crippen molar-refractivity contribution < 1.29 is 9.21 Å². The molecule has 0 spiro atoms. The number of aromatic nitrogens is 3. The highest BCUT2D eigenvalue weighted by Crippen LogP contribution is 2.22. The molecule has 9 heteroatoms. The zero-order valence-electron chi connectivity index (χ0n) is 14.6. The number of rotatable bonds is 3. The quantitative estimate of drug-likeness (QED) is 0.494. The van der Waals surface area contributed by atoms with E-state index in [0.29, 0.717) is 10.5 Å². The van der Waals surface area contributed by atoms with E-state index >= 15 is 0 Å². The fraction of sp³-hybridized carbons (Fsp3) is 0.0526. The Morgan fingerprint density at radius 3 is 2.54 bits per heavy atom. The van der Waals surface area contributed by atoms with Gasteiger partial charge in [0.25, 0.3) is 5.91 Å². The van der Waals surface area contributed by atoms with Crippen LogP contribution in [0.2, 0.25) is 5.02 Å². The van der Waals surface area contributed by atoms with Crippen molar-refractivity contribution in [2.75, 3.05) is 5.32 Å². The van der Waals surface area contributed by atoms with Gasteiger partial charge in [-0.1, -0.05) is 11.6 Å². The molecular weight excluding hydrogens is 398 g/mol. The van der Waals surface area contributed by atoms with Crippen molar-refractivity contribution in [2.24, 2.45) is 0 Å². The molecule has 7 nitrogen and oxygen atoms in total. The normalized spacial score (nSPS) is 10.8. The van der Waals surface area contributed by atoms with Gasteiger partial charge in [0.2, 0.25) is 0 Å². The number of furan rings is 1. The first-order chi connectivity index (χ1) is 13.5. The number of aryl methyl sites for hydroxylation is 1. The van der Waals surface area contributed by atoms with Gasteiger partial charge in [-0.25, -0.2) is 0 Å². The third-order valence-electron chi connectivity index (χ3n) is 4.00. The minimum absolute atomic E-state index is 0.161. The lowest BCUT2D eigenvalue weighted by molar-refractivity contribution is 0.0950. The van der Waals surface area contributed by atoms with Gasteiger partial charge in [-0.3, -0.25) is 10.1 Å². The van der Waals surface area contributed by atoms with Gasteiger partial charge in [0.05, 0.1) is 12.0 Å². The number of fused-ring (bicyclic) bond motifs is 1. The number of hydrogen-bond donors (Lipinski definition) is 2. The summed E-state index contributed by atoms with van der Waals surface area (Å²) in [5.41, 5.74) is 3.85. The van der Waals surface area contributed by atoms with E-state index in [0.717, 1.165) is 22.5 Å². The maximum Gasteiger partial charge on any atom is 0.293 e. The first-order valence-corrected chi connectivity index (χ1v) is 9.08. The molecule has 2 heterocycles. The van der Waals surface area contributed by atoms with E-state index in [2.05, 4.69) is 20.8 Å². The molecule has 0 bridgehead atoms. The summed E-state index contributed by atoms with van der Waals surface area (Å²) >= 11 is 11.2. The van der Waals surface area contributed by atoms with Gasteiger partial charge in [0.1, 0.15) is 11.0 Å². The fourth-order valence-corrected chi connectivity index (χ4v) is 2.95. The largest absolute Gasteiger partial charge is 0.459 e. The van der Waals surface area contributed by atoms with Crippen molar-refractivity contribution in [3.8, 4) is 5.69 Å². The molecule has 1 amide bonds. The van der Waals surface area contributed by atoms with Crippen LogP contribution in [0.1, 0.15) is 16.1 Å². The molecule has 2 N–H and O–H groups in total. The van der Waals surface area contributed by atoms with Crippen molar-refractivity contribution in [1.82, 2.24) is 20.3 Å². The second-order valence-corrected chi connectivity index (χ2v) is 6.85. The molecule has 0 unspecified atom stereocenters. The standard InChI is InChI=1S/C19H14ClN5O2S/c1-11-9-15-16(24-25(23-15)13-6-4-12(20)5-7-13)10-14(11)21-19(28)22-18(26)17-3-2-8-27-17/h2-10H,1H3,(H2,21,22,26,28). The Labute approximate surface area is 170 Å². The third kappa shape index (κ3) is 3.73. The minimum atomic E-state index is -0.421. The molecule has 0 saturated carbocycles. The Kier molecular flexibility index (Phi) is 4.81. The molecule has 0 fully saturated rings. The number of nitrogens with zero attached hydrogens (tertiary/aromatic N) is 3. The lowest BCUT2D eigenvalue weighted by Crippen LogP contribution is -2.34. The molecule has 4 aromatic rings. The molecule has 140 valence electrons. The van der Waals surface area contributed by atoms with Crippen molar-refractivity contribution in [3.63, 3.8) is 0 Å². The zero-order chi connectivity index (χ0) is 19.7. The van der Waals surface area contributed by atoms with Crippen molar-refractivity contribution in [2.45, 2.75) is 6.92 Å². The van der Waals surface area contributed by atoms with E-state index in [4.69, 9.17) is 28.2 Å². The molecule has 0 aliphatic carbocycles. The molecule has 0 aliphatic heterocycles. The predicted molar refractivity (Wildman–Crippen MR) is 111 cm³/mol. The van der Waals surface area contributed by atoms with E-state index in [1.54, 1.807) is 29.1 Å². The Balaban J connectivity index is 1.56. The van der Waals surface area contributed by atoms with Crippen LogP contribution >= 0.6 is 23.8 Å². The number of anilines is 1. The van der Waals surface area contributed by atoms with E-state index in [1.165, 1.54) is 6.26 Å². The van der Waals surface area contributed by atoms with Gasteiger partial charge in [-0.05, 0) is 73.2 Å². The SMILES string of the molecule is Cc1cc2nn(-c3ccc(Cl)cc3)nc2cc1NC(=S)NC(=O)c1ccco1.